The van der Waals surface area contributed by atoms with Crippen LogP contribution < -0.4 is 0 Å². The van der Waals surface area contributed by atoms with Crippen LogP contribution in [-0.2, 0) is 0 Å². The molecule has 0 aromatic carbocycles. The van der Waals surface area contributed by atoms with Crippen molar-refractivity contribution in [2.24, 2.45) is 0 Å². The summed E-state index contributed by atoms with van der Waals surface area (Å²) in [5, 5.41) is 0.669. The third kappa shape index (κ3) is 2.92. The fourth-order valence-corrected chi connectivity index (χ4v) is 3.74. The minimum Gasteiger partial charge on any atom is -0.336 e. The lowest BCUT2D eigenvalue weighted by Crippen LogP contribution is -2.40. The Morgan fingerprint density at radius 2 is 2.08 bits per heavy atom. The number of piperidine rings is 1. The Balaban J connectivity index is 1.50. The molecule has 1 aliphatic rings. The van der Waals surface area contributed by atoms with Gasteiger partial charge in [-0.1, -0.05) is 0 Å². The van der Waals surface area contributed by atoms with Gasteiger partial charge in [-0.15, -0.1) is 11.3 Å². The molecule has 0 bridgehead atoms. The molecule has 0 radical (unpaired) electrons. The highest BCUT2D eigenvalue weighted by Gasteiger charge is 2.26. The number of amides is 1. The molecule has 1 amide bonds. The summed E-state index contributed by atoms with van der Waals surface area (Å²) in [6.07, 6.45) is 12.6. The van der Waals surface area contributed by atoms with E-state index in [1.807, 2.05) is 17.4 Å². The predicted molar refractivity (Wildman–Crippen MR) is 89.5 cm³/mol. The Labute approximate surface area is 143 Å². The van der Waals surface area contributed by atoms with Crippen molar-refractivity contribution in [3.63, 3.8) is 0 Å². The first-order chi connectivity index (χ1) is 11.8. The summed E-state index contributed by atoms with van der Waals surface area (Å²) in [4.78, 5) is 32.1. The monoisotopic (exact) mass is 340 g/mol. The maximum Gasteiger partial charge on any atom is 0.265 e. The molecular weight excluding hydrogens is 324 g/mol. The quantitative estimate of drug-likeness (QED) is 0.731. The summed E-state index contributed by atoms with van der Waals surface area (Å²) in [5.41, 5.74) is 0. The number of carbonyl (C=O) groups excluding carboxylic acids is 1. The van der Waals surface area contributed by atoms with Crippen LogP contribution in [0, 0.1) is 0 Å². The van der Waals surface area contributed by atoms with Crippen LogP contribution in [0.5, 0.6) is 0 Å². The van der Waals surface area contributed by atoms with Gasteiger partial charge in [-0.3, -0.25) is 4.79 Å². The molecule has 1 atom stereocenters. The number of imidazole rings is 1. The summed E-state index contributed by atoms with van der Waals surface area (Å²) in [5.74, 6) is 0.580. The van der Waals surface area contributed by atoms with E-state index < -0.39 is 0 Å². The summed E-state index contributed by atoms with van der Waals surface area (Å²) in [6.45, 7) is 1.48. The van der Waals surface area contributed by atoms with Crippen LogP contribution in [0.15, 0.2) is 43.4 Å². The van der Waals surface area contributed by atoms with Crippen molar-refractivity contribution in [3.05, 3.63) is 48.3 Å². The zero-order valence-electron chi connectivity index (χ0n) is 12.9. The van der Waals surface area contributed by atoms with Crippen molar-refractivity contribution >= 4 is 17.2 Å². The van der Waals surface area contributed by atoms with Crippen LogP contribution in [0.2, 0.25) is 0 Å². The molecule has 3 aromatic heterocycles. The number of hydrogen-bond acceptors (Lipinski definition) is 6. The lowest BCUT2D eigenvalue weighted by atomic mass is 10.1. The highest BCUT2D eigenvalue weighted by Crippen LogP contribution is 2.26. The molecule has 1 saturated heterocycles. The minimum absolute atomic E-state index is 0.0273. The molecule has 0 N–H and O–H groups in total. The second-order valence-electron chi connectivity index (χ2n) is 5.66. The number of hydrogen-bond donors (Lipinski definition) is 0. The molecule has 0 aliphatic carbocycles. The van der Waals surface area contributed by atoms with Gasteiger partial charge in [-0.25, -0.2) is 19.9 Å². The van der Waals surface area contributed by atoms with Gasteiger partial charge in [0.15, 0.2) is 10.8 Å². The summed E-state index contributed by atoms with van der Waals surface area (Å²) < 4.78 is 2.08. The molecule has 1 fully saturated rings. The number of aromatic nitrogens is 5. The van der Waals surface area contributed by atoms with Gasteiger partial charge in [0, 0.05) is 37.9 Å². The molecule has 4 heterocycles. The largest absolute Gasteiger partial charge is 0.336 e. The second kappa shape index (κ2) is 6.48. The first kappa shape index (κ1) is 14.9. The number of nitrogens with zero attached hydrogens (tertiary/aromatic N) is 6. The normalized spacial score (nSPS) is 17.8. The Bertz CT molecular complexity index is 816. The lowest BCUT2D eigenvalue weighted by molar-refractivity contribution is 0.0684. The average molecular weight is 340 g/mol. The zero-order valence-corrected chi connectivity index (χ0v) is 13.8. The van der Waals surface area contributed by atoms with E-state index in [1.165, 1.54) is 11.3 Å². The minimum atomic E-state index is 0.0273. The van der Waals surface area contributed by atoms with Crippen LogP contribution in [0.4, 0.5) is 0 Å². The van der Waals surface area contributed by atoms with E-state index in [2.05, 4.69) is 24.5 Å². The smallest absolute Gasteiger partial charge is 0.265 e. The molecule has 0 unspecified atom stereocenters. The Kier molecular flexibility index (Phi) is 4.04. The molecular formula is C16H16N6OS. The van der Waals surface area contributed by atoms with E-state index in [0.29, 0.717) is 22.3 Å². The van der Waals surface area contributed by atoms with Gasteiger partial charge in [0.25, 0.3) is 5.91 Å². The molecule has 4 rings (SSSR count). The number of rotatable bonds is 3. The van der Waals surface area contributed by atoms with E-state index in [0.717, 1.165) is 19.4 Å². The van der Waals surface area contributed by atoms with Gasteiger partial charge in [0.1, 0.15) is 4.88 Å². The first-order valence-corrected chi connectivity index (χ1v) is 8.63. The van der Waals surface area contributed by atoms with Crippen LogP contribution in [-0.4, -0.2) is 48.4 Å². The van der Waals surface area contributed by atoms with Crippen LogP contribution in [0.25, 0.3) is 10.8 Å². The summed E-state index contributed by atoms with van der Waals surface area (Å²) in [7, 11) is 0. The SMILES string of the molecule is O=C(c1cnc(-c2ncccn2)s1)N1CCC[C@H](n2ccnc2)C1. The third-order valence-electron chi connectivity index (χ3n) is 4.10. The van der Waals surface area contributed by atoms with E-state index >= 15 is 0 Å². The van der Waals surface area contributed by atoms with Crippen molar-refractivity contribution < 1.29 is 4.79 Å². The van der Waals surface area contributed by atoms with E-state index in [9.17, 15) is 4.79 Å². The van der Waals surface area contributed by atoms with Gasteiger partial charge in [-0.05, 0) is 18.9 Å². The van der Waals surface area contributed by atoms with Crippen molar-refractivity contribution in [2.45, 2.75) is 18.9 Å². The van der Waals surface area contributed by atoms with Crippen molar-refractivity contribution in [1.29, 1.82) is 0 Å². The number of likely N-dealkylation sites (tertiary alicyclic amines) is 1. The van der Waals surface area contributed by atoms with Crippen LogP contribution >= 0.6 is 11.3 Å². The Morgan fingerprint density at radius 3 is 2.88 bits per heavy atom. The fourth-order valence-electron chi connectivity index (χ4n) is 2.91. The second-order valence-corrected chi connectivity index (χ2v) is 6.69. The van der Waals surface area contributed by atoms with Gasteiger partial charge in [0.2, 0.25) is 0 Å². The van der Waals surface area contributed by atoms with E-state index in [4.69, 9.17) is 0 Å². The summed E-state index contributed by atoms with van der Waals surface area (Å²) in [6, 6.07) is 2.04. The Morgan fingerprint density at radius 1 is 1.21 bits per heavy atom. The van der Waals surface area contributed by atoms with Gasteiger partial charge in [-0.2, -0.15) is 0 Å². The average Bonchev–Trinajstić information content (AvgIpc) is 3.34. The summed E-state index contributed by atoms with van der Waals surface area (Å²) >= 11 is 1.34. The van der Waals surface area contributed by atoms with Crippen molar-refractivity contribution in [3.8, 4) is 10.8 Å². The van der Waals surface area contributed by atoms with E-state index in [-0.39, 0.29) is 11.9 Å². The molecule has 122 valence electrons. The molecule has 0 spiro atoms. The molecule has 7 nitrogen and oxygen atoms in total. The van der Waals surface area contributed by atoms with Crippen LogP contribution in [0.1, 0.15) is 28.6 Å². The lowest BCUT2D eigenvalue weighted by Gasteiger charge is -2.33. The van der Waals surface area contributed by atoms with Crippen LogP contribution in [0.3, 0.4) is 0 Å². The molecule has 0 saturated carbocycles. The zero-order chi connectivity index (χ0) is 16.4. The van der Waals surface area contributed by atoms with E-state index in [1.54, 1.807) is 30.9 Å². The fraction of sp³-hybridized carbons (Fsp3) is 0.312. The molecule has 8 heteroatoms. The maximum atomic E-state index is 12.8. The topological polar surface area (TPSA) is 76.8 Å². The molecule has 1 aliphatic heterocycles. The highest BCUT2D eigenvalue weighted by molar-refractivity contribution is 7.16. The van der Waals surface area contributed by atoms with Gasteiger partial charge < -0.3 is 9.47 Å². The molecule has 3 aromatic rings. The molecule has 24 heavy (non-hydrogen) atoms. The highest BCUT2D eigenvalue weighted by atomic mass is 32.1. The predicted octanol–water partition coefficient (Wildman–Crippen LogP) is 2.27. The Hall–Kier alpha value is -2.61. The number of thiazole rings is 1. The third-order valence-corrected chi connectivity index (χ3v) is 5.09. The van der Waals surface area contributed by atoms with Gasteiger partial charge in [0.05, 0.1) is 18.6 Å². The maximum absolute atomic E-state index is 12.8. The van der Waals surface area contributed by atoms with Crippen molar-refractivity contribution in [1.82, 2.24) is 29.4 Å². The standard InChI is InChI=1S/C16H16N6OS/c23-16(13-9-20-15(24-13)14-18-4-2-5-19-14)21-7-1-3-12(10-21)22-8-6-17-11-22/h2,4-6,8-9,11-12H,1,3,7,10H2/t12-/m0/s1. The van der Waals surface area contributed by atoms with Crippen molar-refractivity contribution in [2.75, 3.05) is 13.1 Å². The van der Waals surface area contributed by atoms with Gasteiger partial charge >= 0.3 is 0 Å². The number of carbonyl (C=O) groups is 1. The first-order valence-electron chi connectivity index (χ1n) is 7.81.